The van der Waals surface area contributed by atoms with Gasteiger partial charge in [-0.25, -0.2) is 9.97 Å². The third-order valence-electron chi connectivity index (χ3n) is 4.57. The Morgan fingerprint density at radius 2 is 1.74 bits per heavy atom. The van der Waals surface area contributed by atoms with Crippen LogP contribution in [0.4, 0.5) is 19.1 Å². The zero-order valence-electron chi connectivity index (χ0n) is 19.8. The second-order valence-corrected chi connectivity index (χ2v) is 7.87. The van der Waals surface area contributed by atoms with Crippen LogP contribution in [0.5, 0.6) is 0 Å². The van der Waals surface area contributed by atoms with Gasteiger partial charge < -0.3 is 14.6 Å². The Balaban J connectivity index is 0.000000762. The van der Waals surface area contributed by atoms with E-state index in [0.717, 1.165) is 25.1 Å². The predicted octanol–water partition coefficient (Wildman–Crippen LogP) is 4.84. The van der Waals surface area contributed by atoms with Crippen LogP contribution in [0.1, 0.15) is 66.0 Å². The van der Waals surface area contributed by atoms with Crippen LogP contribution in [0.2, 0.25) is 0 Å². The highest BCUT2D eigenvalue weighted by molar-refractivity contribution is 5.78. The molecule has 9 heteroatoms. The minimum atomic E-state index is -4.48. The molecule has 0 bridgehead atoms. The highest BCUT2D eigenvalue weighted by Crippen LogP contribution is 2.29. The average Bonchev–Trinajstić information content (AvgIpc) is 2.73. The molecule has 0 aromatic carbocycles. The smallest absolute Gasteiger partial charge is 0.349 e. The largest absolute Gasteiger partial charge is 0.433 e. The van der Waals surface area contributed by atoms with E-state index in [0.29, 0.717) is 37.6 Å². The number of hydrogen-bond donors (Lipinski definition) is 0. The first kappa shape index (κ1) is 28.8. The highest BCUT2D eigenvalue weighted by atomic mass is 19.4. The van der Waals surface area contributed by atoms with Crippen LogP contribution in [-0.4, -0.2) is 53.7 Å². The van der Waals surface area contributed by atoms with Gasteiger partial charge in [0.15, 0.2) is 0 Å². The molecule has 31 heavy (non-hydrogen) atoms. The molecule has 2 heterocycles. The number of alkyl halides is 3. The van der Waals surface area contributed by atoms with Gasteiger partial charge in [-0.05, 0) is 38.2 Å². The lowest BCUT2D eigenvalue weighted by atomic mass is 9.96. The molecule has 0 atom stereocenters. The Morgan fingerprint density at radius 3 is 2.13 bits per heavy atom. The van der Waals surface area contributed by atoms with Crippen molar-refractivity contribution in [3.8, 4) is 0 Å². The normalized spacial score (nSPS) is 14.2. The number of rotatable bonds is 5. The van der Waals surface area contributed by atoms with Crippen LogP contribution in [-0.2, 0) is 15.8 Å². The number of aromatic nitrogens is 2. The highest BCUT2D eigenvalue weighted by Gasteiger charge is 2.34. The van der Waals surface area contributed by atoms with Crippen molar-refractivity contribution in [3.63, 3.8) is 0 Å². The predicted molar refractivity (Wildman–Crippen MR) is 117 cm³/mol. The zero-order chi connectivity index (χ0) is 24.2. The fraction of sp³-hybridized carbons (Fsp3) is 0.727. The van der Waals surface area contributed by atoms with Gasteiger partial charge in [0.05, 0.1) is 0 Å². The second-order valence-electron chi connectivity index (χ2n) is 7.87. The summed E-state index contributed by atoms with van der Waals surface area (Å²) in [5, 5.41) is 0. The summed E-state index contributed by atoms with van der Waals surface area (Å²) in [5.41, 5.74) is -0.945. The van der Waals surface area contributed by atoms with Crippen LogP contribution < -0.4 is 4.90 Å². The van der Waals surface area contributed by atoms with Gasteiger partial charge in [0.25, 0.3) is 0 Å². The van der Waals surface area contributed by atoms with Crippen molar-refractivity contribution in [2.24, 2.45) is 11.8 Å². The molecule has 1 aromatic rings. The van der Waals surface area contributed by atoms with Crippen LogP contribution in [0.3, 0.4) is 0 Å². The lowest BCUT2D eigenvalue weighted by molar-refractivity contribution is -0.141. The summed E-state index contributed by atoms with van der Waals surface area (Å²) < 4.78 is 37.9. The summed E-state index contributed by atoms with van der Waals surface area (Å²) in [6.45, 7) is 10.9. The van der Waals surface area contributed by atoms with Gasteiger partial charge in [-0.15, -0.1) is 0 Å². The Kier molecular flexibility index (Phi) is 13.0. The summed E-state index contributed by atoms with van der Waals surface area (Å²) >= 11 is 0. The maximum absolute atomic E-state index is 12.6. The molecule has 0 saturated carbocycles. The van der Waals surface area contributed by atoms with Gasteiger partial charge in [-0.1, -0.05) is 27.7 Å². The fourth-order valence-electron chi connectivity index (χ4n) is 2.84. The lowest BCUT2D eigenvalue weighted by Gasteiger charge is -2.32. The number of Topliss-reactive ketones (excluding diaryl/α,β-unsaturated/α-hetero) is 1. The van der Waals surface area contributed by atoms with Gasteiger partial charge in [-0.2, -0.15) is 13.2 Å². The van der Waals surface area contributed by atoms with Gasteiger partial charge >= 0.3 is 6.18 Å². The zero-order valence-corrected chi connectivity index (χ0v) is 19.8. The third-order valence-corrected chi connectivity index (χ3v) is 4.57. The SMILES string of the molecule is CC.CC(=O)CCC(C)C.CN(C)C(=O)C1CCN(c2nccc(C(F)(F)F)n2)CC1. The van der Waals surface area contributed by atoms with Gasteiger partial charge in [0, 0.05) is 45.7 Å². The van der Waals surface area contributed by atoms with E-state index in [1.54, 1.807) is 30.8 Å². The average molecular weight is 447 g/mol. The van der Waals surface area contributed by atoms with Gasteiger partial charge in [-0.3, -0.25) is 4.79 Å². The summed E-state index contributed by atoms with van der Waals surface area (Å²) in [6.07, 6.45) is -0.390. The topological polar surface area (TPSA) is 66.4 Å². The Labute approximate surface area is 184 Å². The summed E-state index contributed by atoms with van der Waals surface area (Å²) in [6, 6.07) is 0.853. The number of ketones is 1. The molecule has 1 saturated heterocycles. The van der Waals surface area contributed by atoms with E-state index in [1.807, 2.05) is 13.8 Å². The van der Waals surface area contributed by atoms with Crippen molar-refractivity contribution < 1.29 is 22.8 Å². The fourth-order valence-corrected chi connectivity index (χ4v) is 2.84. The van der Waals surface area contributed by atoms with Crippen LogP contribution in [0, 0.1) is 11.8 Å². The van der Waals surface area contributed by atoms with E-state index in [9.17, 15) is 22.8 Å². The van der Waals surface area contributed by atoms with Gasteiger partial charge in [0.2, 0.25) is 11.9 Å². The van der Waals surface area contributed by atoms with E-state index < -0.39 is 11.9 Å². The molecule has 0 N–H and O–H groups in total. The molecule has 178 valence electrons. The standard InChI is InChI=1S/C13H17F3N4O.C7H14O.C2H6/c1-19(2)11(21)9-4-7-20(8-5-9)12-17-6-3-10(18-12)13(14,15)16;1-6(2)4-5-7(3)8;1-2/h3,6,9H,4-5,7-8H2,1-2H3;6H,4-5H2,1-3H3;1-2H3. The van der Waals surface area contributed by atoms with Crippen molar-refractivity contribution in [1.82, 2.24) is 14.9 Å². The van der Waals surface area contributed by atoms with Crippen molar-refractivity contribution in [1.29, 1.82) is 0 Å². The van der Waals surface area contributed by atoms with E-state index in [2.05, 4.69) is 23.8 Å². The Morgan fingerprint density at radius 1 is 1.19 bits per heavy atom. The summed E-state index contributed by atoms with van der Waals surface area (Å²) in [5.74, 6) is 1.01. The molecule has 1 fully saturated rings. The first-order valence-electron chi connectivity index (χ1n) is 10.8. The number of halogens is 3. The maximum atomic E-state index is 12.6. The summed E-state index contributed by atoms with van der Waals surface area (Å²) in [7, 11) is 3.40. The molecule has 0 unspecified atom stereocenters. The molecule has 1 amide bonds. The number of carbonyl (C=O) groups excluding carboxylic acids is 2. The minimum absolute atomic E-state index is 0.0552. The number of hydrogen-bond acceptors (Lipinski definition) is 5. The van der Waals surface area contributed by atoms with Crippen molar-refractivity contribution in [2.75, 3.05) is 32.1 Å². The Bertz CT molecular complexity index is 671. The molecule has 6 nitrogen and oxygen atoms in total. The number of piperidine rings is 1. The van der Waals surface area contributed by atoms with Crippen LogP contribution in [0.25, 0.3) is 0 Å². The molecule has 1 aromatic heterocycles. The van der Waals surface area contributed by atoms with E-state index in [1.165, 1.54) is 0 Å². The molecule has 0 radical (unpaired) electrons. The minimum Gasteiger partial charge on any atom is -0.349 e. The van der Waals surface area contributed by atoms with Crippen molar-refractivity contribution in [3.05, 3.63) is 18.0 Å². The van der Waals surface area contributed by atoms with E-state index >= 15 is 0 Å². The first-order chi connectivity index (χ1) is 14.4. The number of amides is 1. The van der Waals surface area contributed by atoms with Crippen LogP contribution >= 0.6 is 0 Å². The number of carbonyl (C=O) groups is 2. The van der Waals surface area contributed by atoms with Gasteiger partial charge in [0.1, 0.15) is 11.5 Å². The van der Waals surface area contributed by atoms with E-state index in [-0.39, 0.29) is 17.8 Å². The number of anilines is 1. The molecule has 0 aliphatic carbocycles. The lowest BCUT2D eigenvalue weighted by Crippen LogP contribution is -2.40. The number of nitrogens with zero attached hydrogens (tertiary/aromatic N) is 4. The first-order valence-corrected chi connectivity index (χ1v) is 10.8. The van der Waals surface area contributed by atoms with Crippen molar-refractivity contribution >= 4 is 17.6 Å². The monoisotopic (exact) mass is 446 g/mol. The van der Waals surface area contributed by atoms with E-state index in [4.69, 9.17) is 0 Å². The molecule has 0 spiro atoms. The second kappa shape index (κ2) is 14.0. The molecular formula is C22H37F3N4O2. The molecular weight excluding hydrogens is 409 g/mol. The van der Waals surface area contributed by atoms with Crippen LogP contribution in [0.15, 0.2) is 12.3 Å². The third kappa shape index (κ3) is 11.1. The maximum Gasteiger partial charge on any atom is 0.433 e. The summed E-state index contributed by atoms with van der Waals surface area (Å²) in [4.78, 5) is 32.9. The molecule has 2 rings (SSSR count). The molecule has 1 aliphatic rings. The quantitative estimate of drug-likeness (QED) is 0.648. The molecule has 1 aliphatic heterocycles. The Hall–Kier alpha value is -2.19. The van der Waals surface area contributed by atoms with Crippen molar-refractivity contribution in [2.45, 2.75) is 66.5 Å².